The van der Waals surface area contributed by atoms with Crippen molar-refractivity contribution in [2.45, 2.75) is 39.7 Å². The van der Waals surface area contributed by atoms with E-state index in [9.17, 15) is 0 Å². The quantitative estimate of drug-likeness (QED) is 0.548. The molecule has 0 saturated heterocycles. The predicted octanol–water partition coefficient (Wildman–Crippen LogP) is 2.02. The predicted molar refractivity (Wildman–Crippen MR) is 44.7 cm³/mol. The molecule has 0 aromatic carbocycles. The zero-order chi connectivity index (χ0) is 7.72. The van der Waals surface area contributed by atoms with Gasteiger partial charge in [-0.05, 0) is 30.6 Å². The van der Waals surface area contributed by atoms with Gasteiger partial charge in [0.15, 0.2) is 0 Å². The molecule has 0 aromatic rings. The van der Waals surface area contributed by atoms with Gasteiger partial charge in [0.2, 0.25) is 0 Å². The van der Waals surface area contributed by atoms with E-state index in [0.717, 1.165) is 17.8 Å². The van der Waals surface area contributed by atoms with Gasteiger partial charge in [-0.1, -0.05) is 20.8 Å². The van der Waals surface area contributed by atoms with Crippen molar-refractivity contribution >= 4 is 0 Å². The molecule has 0 aromatic heterocycles. The first kappa shape index (κ1) is 8.06. The fraction of sp³-hybridized carbons (Fsp3) is 1.00. The summed E-state index contributed by atoms with van der Waals surface area (Å²) in [5, 5.41) is 0. The smallest absolute Gasteiger partial charge is 0.00905 e. The minimum atomic E-state index is 0.455. The third kappa shape index (κ3) is 1.51. The Bertz CT molecular complexity index is 99.3. The van der Waals surface area contributed by atoms with Crippen LogP contribution in [0.4, 0.5) is 0 Å². The van der Waals surface area contributed by atoms with Gasteiger partial charge in [0.05, 0.1) is 0 Å². The summed E-state index contributed by atoms with van der Waals surface area (Å²) >= 11 is 0. The van der Waals surface area contributed by atoms with E-state index in [2.05, 4.69) is 20.8 Å². The van der Waals surface area contributed by atoms with Gasteiger partial charge in [0, 0.05) is 6.04 Å². The molecule has 1 saturated carbocycles. The maximum absolute atomic E-state index is 5.98. The van der Waals surface area contributed by atoms with Crippen LogP contribution in [0.2, 0.25) is 0 Å². The largest absolute Gasteiger partial charge is 0.327 e. The van der Waals surface area contributed by atoms with Crippen LogP contribution in [0.25, 0.3) is 0 Å². The molecule has 10 heavy (non-hydrogen) atoms. The van der Waals surface area contributed by atoms with E-state index >= 15 is 0 Å². The minimum Gasteiger partial charge on any atom is -0.327 e. The fourth-order valence-corrected chi connectivity index (χ4v) is 2.24. The van der Waals surface area contributed by atoms with Crippen LogP contribution in [-0.2, 0) is 0 Å². The van der Waals surface area contributed by atoms with Gasteiger partial charge in [-0.3, -0.25) is 0 Å². The lowest BCUT2D eigenvalue weighted by Gasteiger charge is -2.35. The summed E-state index contributed by atoms with van der Waals surface area (Å²) in [6, 6.07) is 0.455. The molecule has 60 valence electrons. The van der Waals surface area contributed by atoms with Gasteiger partial charge >= 0.3 is 0 Å². The highest BCUT2D eigenvalue weighted by molar-refractivity contribution is 4.82. The molecule has 2 unspecified atom stereocenters. The number of hydrogen-bond donors (Lipinski definition) is 1. The highest BCUT2D eigenvalue weighted by atomic mass is 14.7. The van der Waals surface area contributed by atoms with Crippen LogP contribution in [0.5, 0.6) is 0 Å². The van der Waals surface area contributed by atoms with Crippen molar-refractivity contribution in [3.05, 3.63) is 0 Å². The van der Waals surface area contributed by atoms with Crippen molar-refractivity contribution in [3.8, 4) is 0 Å². The number of hydrogen-bond acceptors (Lipinski definition) is 1. The third-order valence-corrected chi connectivity index (χ3v) is 2.86. The molecule has 0 amide bonds. The Morgan fingerprint density at radius 2 is 1.40 bits per heavy atom. The zero-order valence-electron chi connectivity index (χ0n) is 7.30. The van der Waals surface area contributed by atoms with Crippen LogP contribution in [0.15, 0.2) is 0 Å². The lowest BCUT2D eigenvalue weighted by molar-refractivity contribution is 0.195. The molecule has 0 spiro atoms. The van der Waals surface area contributed by atoms with E-state index in [-0.39, 0.29) is 0 Å². The Morgan fingerprint density at radius 1 is 1.00 bits per heavy atom. The van der Waals surface area contributed by atoms with E-state index in [1.807, 2.05) is 0 Å². The molecule has 0 radical (unpaired) electrons. The molecule has 0 bridgehead atoms. The van der Waals surface area contributed by atoms with Crippen LogP contribution in [0.1, 0.15) is 33.6 Å². The van der Waals surface area contributed by atoms with Gasteiger partial charge in [-0.2, -0.15) is 0 Å². The van der Waals surface area contributed by atoms with Crippen molar-refractivity contribution < 1.29 is 0 Å². The maximum atomic E-state index is 5.98. The van der Waals surface area contributed by atoms with E-state index < -0.39 is 0 Å². The molecular weight excluding hydrogens is 122 g/mol. The first-order valence-corrected chi connectivity index (χ1v) is 4.37. The van der Waals surface area contributed by atoms with Gasteiger partial charge in [0.1, 0.15) is 0 Å². The lowest BCUT2D eigenvalue weighted by atomic mass is 9.74. The molecule has 2 N–H and O–H groups in total. The molecule has 1 aliphatic rings. The monoisotopic (exact) mass is 141 g/mol. The summed E-state index contributed by atoms with van der Waals surface area (Å²) in [7, 11) is 0. The summed E-state index contributed by atoms with van der Waals surface area (Å²) in [5.74, 6) is 2.36. The second-order valence-corrected chi connectivity index (χ2v) is 4.11. The summed E-state index contributed by atoms with van der Waals surface area (Å²) < 4.78 is 0. The van der Waals surface area contributed by atoms with Crippen LogP contribution < -0.4 is 5.73 Å². The topological polar surface area (TPSA) is 26.0 Å². The average Bonchev–Trinajstić information content (AvgIpc) is 1.82. The number of nitrogens with two attached hydrogens (primary N) is 1. The molecule has 1 rings (SSSR count). The maximum Gasteiger partial charge on any atom is 0.00905 e. The summed E-state index contributed by atoms with van der Waals surface area (Å²) in [5.41, 5.74) is 5.98. The summed E-state index contributed by atoms with van der Waals surface area (Å²) in [6.45, 7) is 6.88. The molecule has 2 atom stereocenters. The molecule has 1 fully saturated rings. The molecule has 0 heterocycles. The molecule has 1 aliphatic carbocycles. The molecule has 1 nitrogen and oxygen atoms in total. The average molecular weight is 141 g/mol. The Hall–Kier alpha value is -0.0400. The number of rotatable bonds is 0. The summed E-state index contributed by atoms with van der Waals surface area (Å²) in [6.07, 6.45) is 2.65. The van der Waals surface area contributed by atoms with Crippen molar-refractivity contribution in [1.29, 1.82) is 0 Å². The van der Waals surface area contributed by atoms with Crippen LogP contribution in [0, 0.1) is 17.8 Å². The van der Waals surface area contributed by atoms with Crippen molar-refractivity contribution in [2.75, 3.05) is 0 Å². The van der Waals surface area contributed by atoms with E-state index in [4.69, 9.17) is 5.73 Å². The van der Waals surface area contributed by atoms with Gasteiger partial charge in [-0.25, -0.2) is 0 Å². The fourth-order valence-electron chi connectivity index (χ4n) is 2.24. The van der Waals surface area contributed by atoms with E-state index in [1.54, 1.807) is 0 Å². The minimum absolute atomic E-state index is 0.455. The van der Waals surface area contributed by atoms with Gasteiger partial charge in [-0.15, -0.1) is 0 Å². The first-order valence-electron chi connectivity index (χ1n) is 4.37. The molecule has 1 heteroatoms. The van der Waals surface area contributed by atoms with Crippen molar-refractivity contribution in [1.82, 2.24) is 0 Å². The Kier molecular flexibility index (Phi) is 2.35. The Labute approximate surface area is 64.0 Å². The first-order chi connectivity index (χ1) is 4.61. The van der Waals surface area contributed by atoms with Crippen molar-refractivity contribution in [3.63, 3.8) is 0 Å². The van der Waals surface area contributed by atoms with Crippen molar-refractivity contribution in [2.24, 2.45) is 23.5 Å². The zero-order valence-corrected chi connectivity index (χ0v) is 7.30. The highest BCUT2D eigenvalue weighted by Crippen LogP contribution is 2.31. The normalized spacial score (nSPS) is 49.2. The second-order valence-electron chi connectivity index (χ2n) is 4.11. The summed E-state index contributed by atoms with van der Waals surface area (Å²) in [4.78, 5) is 0. The SMILES string of the molecule is CC1CC(C)C(N)C(C)C1. The highest BCUT2D eigenvalue weighted by Gasteiger charge is 2.27. The van der Waals surface area contributed by atoms with E-state index in [1.165, 1.54) is 12.8 Å². The second kappa shape index (κ2) is 2.91. The standard InChI is InChI=1S/C9H19N/c1-6-4-7(2)9(10)8(3)5-6/h6-9H,4-5,10H2,1-3H3. The molecule has 0 aliphatic heterocycles. The lowest BCUT2D eigenvalue weighted by Crippen LogP contribution is -2.40. The van der Waals surface area contributed by atoms with Crippen LogP contribution >= 0.6 is 0 Å². The molecular formula is C9H19N. The van der Waals surface area contributed by atoms with Crippen LogP contribution in [-0.4, -0.2) is 6.04 Å². The third-order valence-electron chi connectivity index (χ3n) is 2.86. The Balaban J connectivity index is 2.49. The Morgan fingerprint density at radius 3 is 1.80 bits per heavy atom. The van der Waals surface area contributed by atoms with Crippen LogP contribution in [0.3, 0.4) is 0 Å². The van der Waals surface area contributed by atoms with Gasteiger partial charge < -0.3 is 5.73 Å². The van der Waals surface area contributed by atoms with E-state index in [0.29, 0.717) is 6.04 Å². The van der Waals surface area contributed by atoms with Gasteiger partial charge in [0.25, 0.3) is 0 Å².